The lowest BCUT2D eigenvalue weighted by Crippen LogP contribution is -2.42. The number of hydrogen-bond acceptors (Lipinski definition) is 17. The minimum atomic E-state index is -2.26. The number of ketones is 4. The van der Waals surface area contributed by atoms with Gasteiger partial charge >= 0.3 is 0 Å². The van der Waals surface area contributed by atoms with Gasteiger partial charge in [-0.25, -0.2) is 0 Å². The highest BCUT2D eigenvalue weighted by Gasteiger charge is 2.29. The van der Waals surface area contributed by atoms with Gasteiger partial charge in [0.25, 0.3) is 23.6 Å². The molecule has 15 N–H and O–H groups in total. The third-order valence-electron chi connectivity index (χ3n) is 13.4. The Kier molecular flexibility index (Phi) is 25.4. The molecule has 0 aliphatic heterocycles. The zero-order valence-electron chi connectivity index (χ0n) is 50.8. The number of carbonyl (C=O) groups is 8. The predicted octanol–water partition coefficient (Wildman–Crippen LogP) is 3.51. The maximum Gasteiger partial charge on any atom is 0.255 e. The predicted molar refractivity (Wildman–Crippen MR) is 309 cm³/mol. The van der Waals surface area contributed by atoms with E-state index in [9.17, 15) is 38.4 Å². The van der Waals surface area contributed by atoms with Gasteiger partial charge in [-0.1, -0.05) is 30.7 Å². The molecular weight excluding hydrogens is 1040 g/mol. The van der Waals surface area contributed by atoms with E-state index in [0.717, 1.165) is 0 Å². The Morgan fingerprint density at radius 1 is 0.444 bits per heavy atom. The van der Waals surface area contributed by atoms with Crippen molar-refractivity contribution in [2.45, 2.75) is 127 Å². The quantitative estimate of drug-likeness (QED) is 0.0289. The van der Waals surface area contributed by atoms with Crippen molar-refractivity contribution in [2.24, 2.45) is 34.4 Å². The van der Waals surface area contributed by atoms with Crippen LogP contribution in [0.5, 0.6) is 23.0 Å². The molecule has 0 saturated carbocycles. The molecule has 4 amide bonds. The first kappa shape index (κ1) is 59.6. The molecule has 440 valence electrons. The number of amides is 4. The summed E-state index contributed by atoms with van der Waals surface area (Å²) >= 11 is 0. The van der Waals surface area contributed by atoms with Gasteiger partial charge in [0.1, 0.15) is 23.0 Å². The third-order valence-corrected chi connectivity index (χ3v) is 13.4. The molecular formula is C60H83N9O12. The van der Waals surface area contributed by atoms with Crippen LogP contribution in [0.4, 0.5) is 0 Å². The second-order valence-electron chi connectivity index (χ2n) is 19.3. The van der Waals surface area contributed by atoms with Crippen molar-refractivity contribution < 1.29 is 62.8 Å². The third kappa shape index (κ3) is 20.5. The largest absolute Gasteiger partial charge is 0.496 e. The highest BCUT2D eigenvalue weighted by Crippen LogP contribution is 2.26. The molecule has 4 aromatic rings. The smallest absolute Gasteiger partial charge is 0.255 e. The van der Waals surface area contributed by atoms with Gasteiger partial charge in [-0.05, 0) is 168 Å². The van der Waals surface area contributed by atoms with Crippen LogP contribution < -0.4 is 69.3 Å². The average molecular weight is 1130 g/mol. The van der Waals surface area contributed by atoms with E-state index in [1.165, 1.54) is 83.0 Å². The number of ether oxygens (including phenoxy) is 4. The van der Waals surface area contributed by atoms with Crippen LogP contribution in [-0.4, -0.2) is 126 Å². The molecule has 0 heterocycles. The summed E-state index contributed by atoms with van der Waals surface area (Å²) in [5.41, 5.74) is 36.1. The van der Waals surface area contributed by atoms with Crippen LogP contribution in [0.2, 0.25) is 0 Å². The molecule has 0 saturated heterocycles. The molecule has 0 aromatic heterocycles. The fourth-order valence-electron chi connectivity index (χ4n) is 8.95. The average Bonchev–Trinajstić information content (AvgIpc) is 3.38. The van der Waals surface area contributed by atoms with Crippen LogP contribution >= 0.6 is 0 Å². The van der Waals surface area contributed by atoms with Crippen molar-refractivity contribution in [3.8, 4) is 23.0 Å². The van der Waals surface area contributed by atoms with Crippen molar-refractivity contribution in [3.05, 3.63) is 117 Å². The molecule has 0 radical (unpaired) electrons. The minimum Gasteiger partial charge on any atom is -0.496 e. The number of nitrogens with one attached hydrogen (secondary N) is 3. The van der Waals surface area contributed by atoms with Crippen LogP contribution in [0.3, 0.4) is 0 Å². The highest BCUT2D eigenvalue weighted by atomic mass is 16.5. The summed E-state index contributed by atoms with van der Waals surface area (Å²) in [6, 6.07) is 13.5. The SMILES string of the molecule is [2H]C(C([2H])C([2H])([2H])CN)[C@H](N)C(=O)Cc1ccc(OC)c(C(=O)N[C@@H](CCCCN)C(=O)Cc2ccc(OC)c(C(=O)N[C@@H](CCCCN)C(=O)Cc3ccc(OC)c(C(=O)N[C@@H](CCCCN)C(=O)Cc4ccc(OC)c(C(N)=O)c4)c3)c2)c1. The van der Waals surface area contributed by atoms with E-state index < -0.39 is 90.9 Å². The molecule has 4 rings (SSSR count). The van der Waals surface area contributed by atoms with Crippen molar-refractivity contribution in [2.75, 3.05) is 54.6 Å². The van der Waals surface area contributed by atoms with Crippen LogP contribution in [0, 0.1) is 0 Å². The molecule has 0 aliphatic carbocycles. The number of benzene rings is 4. The van der Waals surface area contributed by atoms with Crippen molar-refractivity contribution in [1.82, 2.24) is 16.0 Å². The lowest BCUT2D eigenvalue weighted by Gasteiger charge is -2.21. The van der Waals surface area contributed by atoms with Gasteiger partial charge in [-0.2, -0.15) is 0 Å². The Morgan fingerprint density at radius 3 is 1.02 bits per heavy atom. The maximum atomic E-state index is 14.3. The van der Waals surface area contributed by atoms with E-state index in [-0.39, 0.29) is 96.0 Å². The summed E-state index contributed by atoms with van der Waals surface area (Å²) < 4.78 is 54.1. The summed E-state index contributed by atoms with van der Waals surface area (Å²) in [6.45, 7) is 0.464. The van der Waals surface area contributed by atoms with Gasteiger partial charge < -0.3 is 69.3 Å². The summed E-state index contributed by atoms with van der Waals surface area (Å²) in [4.78, 5) is 110. The molecule has 21 heteroatoms. The lowest BCUT2D eigenvalue weighted by atomic mass is 9.95. The van der Waals surface area contributed by atoms with E-state index in [1.54, 1.807) is 18.2 Å². The van der Waals surface area contributed by atoms with Gasteiger partial charge in [0.05, 0.1) is 74.9 Å². The number of rotatable bonds is 39. The molecule has 0 aliphatic rings. The van der Waals surface area contributed by atoms with Crippen LogP contribution in [0.25, 0.3) is 0 Å². The van der Waals surface area contributed by atoms with E-state index in [4.69, 9.17) is 58.8 Å². The zero-order chi connectivity index (χ0) is 63.0. The first-order valence-corrected chi connectivity index (χ1v) is 26.9. The monoisotopic (exact) mass is 1130 g/mol. The molecule has 2 unspecified atom stereocenters. The summed E-state index contributed by atoms with van der Waals surface area (Å²) in [6.07, 6.45) is -2.87. The number of carbonyl (C=O) groups excluding carboxylic acids is 8. The minimum absolute atomic E-state index is 0.0105. The summed E-state index contributed by atoms with van der Waals surface area (Å²) in [5.74, 6) is -3.96. The fraction of sp³-hybridized carbons (Fsp3) is 0.467. The van der Waals surface area contributed by atoms with E-state index in [2.05, 4.69) is 16.0 Å². The molecule has 4 aromatic carbocycles. The highest BCUT2D eigenvalue weighted by molar-refractivity contribution is 6.03. The van der Waals surface area contributed by atoms with Crippen LogP contribution in [0.1, 0.15) is 146 Å². The Morgan fingerprint density at radius 2 is 0.741 bits per heavy atom. The topological polar surface area (TPSA) is 366 Å². The van der Waals surface area contributed by atoms with E-state index >= 15 is 0 Å². The maximum absolute atomic E-state index is 14.3. The second kappa shape index (κ2) is 34.6. The van der Waals surface area contributed by atoms with Gasteiger partial charge in [-0.15, -0.1) is 0 Å². The van der Waals surface area contributed by atoms with E-state index in [1.807, 2.05) is 0 Å². The van der Waals surface area contributed by atoms with Crippen LogP contribution in [-0.2, 0) is 44.9 Å². The number of hydrogen-bond donors (Lipinski definition) is 9. The first-order valence-electron chi connectivity index (χ1n) is 29.1. The zero-order valence-corrected chi connectivity index (χ0v) is 46.8. The number of primary amides is 1. The Balaban J connectivity index is 1.56. The molecule has 81 heavy (non-hydrogen) atoms. The molecule has 0 fully saturated rings. The number of unbranched alkanes of at least 4 members (excludes halogenated alkanes) is 3. The lowest BCUT2D eigenvalue weighted by molar-refractivity contribution is -0.121. The Bertz CT molecular complexity index is 2970. The number of nitrogens with two attached hydrogens (primary N) is 6. The molecule has 21 nitrogen and oxygen atoms in total. The Labute approximate surface area is 480 Å². The molecule has 0 spiro atoms. The molecule has 0 bridgehead atoms. The number of methoxy groups -OCH3 is 4. The summed E-state index contributed by atoms with van der Waals surface area (Å²) in [5, 5.41) is 8.50. The van der Waals surface area contributed by atoms with E-state index in [0.29, 0.717) is 80.4 Å². The standard InChI is InChI=1S/C60H83N9O12/c1-78-53-21-17-37(29-41(53)57(66)74)34-50(71)46(14-6-10-26-62)67-59(76)43-31-39(19-23-55(43)80-3)36-52(73)48(16-8-12-28-64)69-60(77)44-32-40(20-24-56(44)81-4)35-51(72)47(15-7-11-27-63)68-58(75)42-30-38(18-22-54(42)79-2)33-49(70)45(65)13-5-9-25-61/h17-24,29-32,45-48H,5-16,25-28,33-36,61-65H2,1-4H3,(H2,66,74)(H,67,76)(H,68,75)(H,69,77)/t45-,46-,47-,48-/m0/s1/i5D,9D2,13D/t5?,13?,45-,46-,47-,48-. The normalized spacial score (nSPS) is 14.2. The van der Waals surface area contributed by atoms with Gasteiger partial charge in [0.2, 0.25) is 0 Å². The van der Waals surface area contributed by atoms with Gasteiger partial charge in [-0.3, -0.25) is 38.4 Å². The van der Waals surface area contributed by atoms with Crippen molar-refractivity contribution in [3.63, 3.8) is 0 Å². The Hall–Kier alpha value is -7.56. The summed E-state index contributed by atoms with van der Waals surface area (Å²) in [7, 11) is 5.46. The second-order valence-corrected chi connectivity index (χ2v) is 19.3. The number of Topliss-reactive ketones (excluding diaryl/α,β-unsaturated/α-hetero) is 4. The fourth-order valence-corrected chi connectivity index (χ4v) is 8.95. The van der Waals surface area contributed by atoms with Crippen molar-refractivity contribution in [1.29, 1.82) is 0 Å². The first-order chi connectivity index (χ1) is 40.5. The van der Waals surface area contributed by atoms with Crippen molar-refractivity contribution >= 4 is 46.8 Å². The molecule has 6 atom stereocenters. The van der Waals surface area contributed by atoms with Crippen LogP contribution in [0.15, 0.2) is 72.8 Å². The van der Waals surface area contributed by atoms with Gasteiger partial charge in [0, 0.05) is 31.2 Å². The van der Waals surface area contributed by atoms with Gasteiger partial charge in [0.15, 0.2) is 23.1 Å².